The molecular formula is C19H28N8O9. The van der Waals surface area contributed by atoms with Crippen molar-refractivity contribution in [3.05, 3.63) is 18.2 Å². The quantitative estimate of drug-likeness (QED) is 0.101. The van der Waals surface area contributed by atoms with E-state index in [1.807, 2.05) is 5.32 Å². The number of hydrogen-bond donors (Lipinski definition) is 9. The first-order valence-corrected chi connectivity index (χ1v) is 10.4. The van der Waals surface area contributed by atoms with Crippen LogP contribution in [-0.4, -0.2) is 85.8 Å². The Hall–Kier alpha value is -4.54. The van der Waals surface area contributed by atoms with Crippen LogP contribution in [0.1, 0.15) is 31.4 Å². The molecule has 198 valence electrons. The summed E-state index contributed by atoms with van der Waals surface area (Å²) in [5.41, 5.74) is 16.0. The zero-order chi connectivity index (χ0) is 27.4. The van der Waals surface area contributed by atoms with E-state index in [4.69, 9.17) is 22.3 Å². The highest BCUT2D eigenvalue weighted by atomic mass is 16.4. The highest BCUT2D eigenvalue weighted by Gasteiger charge is 2.32. The van der Waals surface area contributed by atoms with Crippen molar-refractivity contribution in [3.8, 4) is 0 Å². The number of nitrogens with zero attached hydrogens (tertiary/aromatic N) is 1. The van der Waals surface area contributed by atoms with Crippen molar-refractivity contribution in [1.82, 2.24) is 25.9 Å². The number of primary amides is 2. The Kier molecular flexibility index (Phi) is 11.5. The molecule has 5 amide bonds. The van der Waals surface area contributed by atoms with Crippen LogP contribution >= 0.6 is 0 Å². The van der Waals surface area contributed by atoms with Crippen molar-refractivity contribution in [3.63, 3.8) is 0 Å². The van der Waals surface area contributed by atoms with Gasteiger partial charge in [0.25, 0.3) is 0 Å². The summed E-state index contributed by atoms with van der Waals surface area (Å²) in [5.74, 6) is -7.82. The number of aromatic amines is 1. The maximum absolute atomic E-state index is 12.9. The van der Waals surface area contributed by atoms with Crippen LogP contribution in [-0.2, 0) is 40.0 Å². The van der Waals surface area contributed by atoms with Crippen LogP contribution in [0.15, 0.2) is 12.5 Å². The molecule has 17 heteroatoms. The molecule has 1 rings (SSSR count). The number of nitrogens with one attached hydrogen (secondary N) is 4. The number of carbonyl (C=O) groups is 7. The topological polar surface area (TPSA) is 303 Å². The van der Waals surface area contributed by atoms with Crippen LogP contribution in [0, 0.1) is 0 Å². The summed E-state index contributed by atoms with van der Waals surface area (Å²) in [5, 5.41) is 24.9. The third-order valence-corrected chi connectivity index (χ3v) is 4.68. The fraction of sp³-hybridized carbons (Fsp3) is 0.474. The molecule has 17 nitrogen and oxygen atoms in total. The molecule has 1 aromatic rings. The largest absolute Gasteiger partial charge is 0.481 e. The van der Waals surface area contributed by atoms with Gasteiger partial charge < -0.3 is 48.3 Å². The minimum Gasteiger partial charge on any atom is -0.481 e. The van der Waals surface area contributed by atoms with Crippen molar-refractivity contribution in [2.75, 3.05) is 0 Å². The van der Waals surface area contributed by atoms with Crippen LogP contribution in [0.3, 0.4) is 0 Å². The molecule has 12 N–H and O–H groups in total. The van der Waals surface area contributed by atoms with Crippen molar-refractivity contribution in [2.45, 2.75) is 56.3 Å². The Labute approximate surface area is 203 Å². The van der Waals surface area contributed by atoms with Gasteiger partial charge >= 0.3 is 11.9 Å². The Bertz CT molecular complexity index is 982. The van der Waals surface area contributed by atoms with E-state index in [0.717, 1.165) is 0 Å². The average Bonchev–Trinajstić information content (AvgIpc) is 3.27. The van der Waals surface area contributed by atoms with Crippen LogP contribution < -0.4 is 33.2 Å². The normalized spacial score (nSPS) is 13.9. The maximum Gasteiger partial charge on any atom is 0.326 e. The predicted molar refractivity (Wildman–Crippen MR) is 118 cm³/mol. The fourth-order valence-corrected chi connectivity index (χ4v) is 2.89. The summed E-state index contributed by atoms with van der Waals surface area (Å²) in [7, 11) is 0. The molecule has 0 aliphatic carbocycles. The van der Waals surface area contributed by atoms with Crippen molar-refractivity contribution in [2.24, 2.45) is 17.2 Å². The van der Waals surface area contributed by atoms with Gasteiger partial charge in [-0.15, -0.1) is 0 Å². The predicted octanol–water partition coefficient (Wildman–Crippen LogP) is -4.57. The number of H-pyrrole nitrogens is 1. The molecule has 4 unspecified atom stereocenters. The molecule has 0 bridgehead atoms. The number of nitrogens with two attached hydrogens (primary N) is 3. The molecule has 1 heterocycles. The first-order chi connectivity index (χ1) is 16.8. The lowest BCUT2D eigenvalue weighted by molar-refractivity contribution is -0.143. The summed E-state index contributed by atoms with van der Waals surface area (Å²) >= 11 is 0. The maximum atomic E-state index is 12.9. The van der Waals surface area contributed by atoms with E-state index < -0.39 is 78.5 Å². The van der Waals surface area contributed by atoms with Gasteiger partial charge in [-0.05, 0) is 6.42 Å². The third kappa shape index (κ3) is 10.6. The Morgan fingerprint density at radius 3 is 1.94 bits per heavy atom. The second-order valence-corrected chi connectivity index (χ2v) is 7.68. The molecule has 0 radical (unpaired) electrons. The number of carboxylic acid groups (broad SMARTS) is 2. The zero-order valence-corrected chi connectivity index (χ0v) is 18.9. The highest BCUT2D eigenvalue weighted by molar-refractivity contribution is 5.96. The third-order valence-electron chi connectivity index (χ3n) is 4.68. The minimum absolute atomic E-state index is 0.196. The van der Waals surface area contributed by atoms with Crippen molar-refractivity contribution >= 4 is 41.5 Å². The second kappa shape index (κ2) is 14.0. The molecule has 0 saturated heterocycles. The molecule has 4 atom stereocenters. The molecule has 0 aromatic carbocycles. The first-order valence-electron chi connectivity index (χ1n) is 10.4. The Morgan fingerprint density at radius 1 is 0.861 bits per heavy atom. The number of imidazole rings is 1. The zero-order valence-electron chi connectivity index (χ0n) is 18.9. The number of amides is 5. The van der Waals surface area contributed by atoms with Crippen LogP contribution in [0.2, 0.25) is 0 Å². The average molecular weight is 512 g/mol. The van der Waals surface area contributed by atoms with E-state index >= 15 is 0 Å². The van der Waals surface area contributed by atoms with E-state index in [-0.39, 0.29) is 19.3 Å². The van der Waals surface area contributed by atoms with E-state index in [1.165, 1.54) is 12.5 Å². The summed E-state index contributed by atoms with van der Waals surface area (Å²) in [6, 6.07) is -6.15. The van der Waals surface area contributed by atoms with E-state index in [0.29, 0.717) is 5.69 Å². The van der Waals surface area contributed by atoms with Gasteiger partial charge in [0.15, 0.2) is 0 Å². The van der Waals surface area contributed by atoms with Gasteiger partial charge in [0.05, 0.1) is 25.2 Å². The molecule has 0 spiro atoms. The van der Waals surface area contributed by atoms with Gasteiger partial charge in [0.1, 0.15) is 18.1 Å². The molecular weight excluding hydrogens is 484 g/mol. The molecule has 0 aliphatic rings. The molecule has 1 aromatic heterocycles. The van der Waals surface area contributed by atoms with Crippen LogP contribution in [0.25, 0.3) is 0 Å². The van der Waals surface area contributed by atoms with E-state index in [1.54, 1.807) is 0 Å². The van der Waals surface area contributed by atoms with E-state index in [9.17, 15) is 38.7 Å². The lowest BCUT2D eigenvalue weighted by atomic mass is 10.1. The summed E-state index contributed by atoms with van der Waals surface area (Å²) < 4.78 is 0. The molecule has 0 aliphatic heterocycles. The SMILES string of the molecule is NC(=O)CCC(NC(=O)C(CC(=O)O)NC(=O)C(Cc1cnc[nH]1)NC(=O)C(N)CC(N)=O)C(=O)O. The monoisotopic (exact) mass is 512 g/mol. The van der Waals surface area contributed by atoms with E-state index in [2.05, 4.69) is 20.6 Å². The van der Waals surface area contributed by atoms with Gasteiger partial charge in [-0.25, -0.2) is 9.78 Å². The fourth-order valence-electron chi connectivity index (χ4n) is 2.89. The van der Waals surface area contributed by atoms with Gasteiger partial charge in [0, 0.05) is 24.7 Å². The minimum atomic E-state index is -1.76. The van der Waals surface area contributed by atoms with Crippen LogP contribution in [0.4, 0.5) is 0 Å². The molecule has 0 fully saturated rings. The summed E-state index contributed by atoms with van der Waals surface area (Å²) in [6.45, 7) is 0. The lowest BCUT2D eigenvalue weighted by Crippen LogP contribution is -2.58. The number of aliphatic carboxylic acids is 2. The standard InChI is InChI=1S/C19H28N8O9/c20-9(4-14(22)29)16(32)26-11(3-8-6-23-7-24-8)17(33)27-12(5-15(30)31)18(34)25-10(19(35)36)1-2-13(21)28/h6-7,9-12H,1-5,20H2,(H2,21,28)(H2,22,29)(H,23,24)(H,25,34)(H,26,32)(H,27,33)(H,30,31)(H,35,36). The van der Waals surface area contributed by atoms with Crippen LogP contribution in [0.5, 0.6) is 0 Å². The smallest absolute Gasteiger partial charge is 0.326 e. The van der Waals surface area contributed by atoms with Gasteiger partial charge in [-0.2, -0.15) is 0 Å². The Morgan fingerprint density at radius 2 is 1.44 bits per heavy atom. The Balaban J connectivity index is 3.06. The number of carbonyl (C=O) groups excluding carboxylic acids is 5. The number of rotatable bonds is 16. The number of aromatic nitrogens is 2. The highest BCUT2D eigenvalue weighted by Crippen LogP contribution is 2.04. The van der Waals surface area contributed by atoms with Crippen molar-refractivity contribution < 1.29 is 43.8 Å². The van der Waals surface area contributed by atoms with Gasteiger partial charge in [0.2, 0.25) is 29.5 Å². The first kappa shape index (κ1) is 29.5. The summed E-state index contributed by atoms with van der Waals surface area (Å²) in [4.78, 5) is 89.0. The van der Waals surface area contributed by atoms with Crippen molar-refractivity contribution in [1.29, 1.82) is 0 Å². The summed E-state index contributed by atoms with van der Waals surface area (Å²) in [6.07, 6.45) is 0.231. The molecule has 0 saturated carbocycles. The number of carboxylic acids is 2. The molecule has 36 heavy (non-hydrogen) atoms. The second-order valence-electron chi connectivity index (χ2n) is 7.68. The lowest BCUT2D eigenvalue weighted by Gasteiger charge is -2.24. The van der Waals surface area contributed by atoms with Gasteiger partial charge in [-0.1, -0.05) is 0 Å². The number of hydrogen-bond acceptors (Lipinski definition) is 9. The van der Waals surface area contributed by atoms with Gasteiger partial charge in [-0.3, -0.25) is 28.8 Å².